The Morgan fingerprint density at radius 1 is 0.524 bits per heavy atom. The second kappa shape index (κ2) is 22.6. The minimum atomic E-state index is 0. The van der Waals surface area contributed by atoms with Gasteiger partial charge in [0.1, 0.15) is 0 Å². The standard InChI is InChI=1S/2C8H18N2.Co/c2*1-4-6-9-8(3)10-7-5-2;/h2*8H,4-7H2,1-3H3;/q2*-2;. The molecule has 0 N–H and O–H groups in total. The van der Waals surface area contributed by atoms with Crippen LogP contribution in [-0.2, 0) is 16.8 Å². The van der Waals surface area contributed by atoms with Gasteiger partial charge in [-0.2, -0.15) is 26.2 Å². The van der Waals surface area contributed by atoms with Gasteiger partial charge in [-0.25, -0.2) is 12.3 Å². The summed E-state index contributed by atoms with van der Waals surface area (Å²) in [5.41, 5.74) is 0. The zero-order valence-corrected chi connectivity index (χ0v) is 16.0. The van der Waals surface area contributed by atoms with E-state index >= 15 is 0 Å². The van der Waals surface area contributed by atoms with Gasteiger partial charge in [0, 0.05) is 16.8 Å². The minimum Gasteiger partial charge on any atom is -0.678 e. The van der Waals surface area contributed by atoms with Crippen molar-refractivity contribution in [2.45, 2.75) is 79.6 Å². The van der Waals surface area contributed by atoms with Crippen molar-refractivity contribution < 1.29 is 16.8 Å². The van der Waals surface area contributed by atoms with Crippen LogP contribution in [0.4, 0.5) is 0 Å². The molecule has 0 aliphatic heterocycles. The first-order valence-corrected chi connectivity index (χ1v) is 8.28. The Balaban J connectivity index is -0.000000295. The summed E-state index contributed by atoms with van der Waals surface area (Å²) in [7, 11) is 0. The fourth-order valence-electron chi connectivity index (χ4n) is 1.38. The predicted molar refractivity (Wildman–Crippen MR) is 93.0 cm³/mol. The van der Waals surface area contributed by atoms with Crippen LogP contribution in [0.3, 0.4) is 0 Å². The molecule has 0 aromatic rings. The minimum absolute atomic E-state index is 0. The van der Waals surface area contributed by atoms with Crippen LogP contribution >= 0.6 is 0 Å². The van der Waals surface area contributed by atoms with E-state index < -0.39 is 0 Å². The molecule has 0 spiro atoms. The molecule has 0 saturated carbocycles. The van der Waals surface area contributed by atoms with Gasteiger partial charge in [0.15, 0.2) is 0 Å². The van der Waals surface area contributed by atoms with Crippen LogP contribution in [0.1, 0.15) is 67.2 Å². The summed E-state index contributed by atoms with van der Waals surface area (Å²) >= 11 is 0. The molecule has 0 fully saturated rings. The smallest absolute Gasteiger partial charge is 0 e. The van der Waals surface area contributed by atoms with Crippen LogP contribution in [0, 0.1) is 0 Å². The summed E-state index contributed by atoms with van der Waals surface area (Å²) in [6.07, 6.45) is 4.97. The van der Waals surface area contributed by atoms with Gasteiger partial charge < -0.3 is 21.3 Å². The number of rotatable bonds is 12. The second-order valence-corrected chi connectivity index (χ2v) is 4.89. The molecule has 0 rings (SSSR count). The van der Waals surface area contributed by atoms with Gasteiger partial charge in [0.2, 0.25) is 0 Å². The maximum absolute atomic E-state index is 4.31. The van der Waals surface area contributed by atoms with E-state index in [1.54, 1.807) is 0 Å². The summed E-state index contributed by atoms with van der Waals surface area (Å²) in [5.74, 6) is 0. The third-order valence-corrected chi connectivity index (χ3v) is 2.47. The summed E-state index contributed by atoms with van der Waals surface area (Å²) in [5, 5.41) is 17.3. The molecule has 0 saturated heterocycles. The van der Waals surface area contributed by atoms with Crippen molar-refractivity contribution in [1.82, 2.24) is 0 Å². The third kappa shape index (κ3) is 25.6. The van der Waals surface area contributed by atoms with Crippen molar-refractivity contribution in [2.24, 2.45) is 0 Å². The molecule has 0 aliphatic carbocycles. The molecular formula is C16H36CoN4-4. The Morgan fingerprint density at radius 2 is 0.714 bits per heavy atom. The Hall–Kier alpha value is 0.346. The first kappa shape index (κ1) is 26.3. The molecular weight excluding hydrogens is 307 g/mol. The van der Waals surface area contributed by atoms with Crippen LogP contribution < -0.4 is 0 Å². The van der Waals surface area contributed by atoms with Gasteiger partial charge in [-0.15, -0.1) is 13.8 Å². The summed E-state index contributed by atoms with van der Waals surface area (Å²) in [6, 6.07) is 0. The van der Waals surface area contributed by atoms with Crippen LogP contribution in [0.15, 0.2) is 0 Å². The molecule has 0 amide bonds. The molecule has 4 nitrogen and oxygen atoms in total. The van der Waals surface area contributed by atoms with Crippen molar-refractivity contribution >= 4 is 0 Å². The van der Waals surface area contributed by atoms with Gasteiger partial charge in [-0.05, 0) is 0 Å². The van der Waals surface area contributed by atoms with Gasteiger partial charge in [-0.1, -0.05) is 53.4 Å². The topological polar surface area (TPSA) is 56.4 Å². The average Bonchev–Trinajstić information content (AvgIpc) is 2.47. The molecule has 21 heavy (non-hydrogen) atoms. The van der Waals surface area contributed by atoms with Crippen LogP contribution in [0.25, 0.3) is 21.3 Å². The normalized spacial score (nSPS) is 10.3. The van der Waals surface area contributed by atoms with E-state index in [9.17, 15) is 0 Å². The van der Waals surface area contributed by atoms with Crippen molar-refractivity contribution in [1.29, 1.82) is 0 Å². The number of nitrogens with zero attached hydrogens (tertiary/aromatic N) is 4. The first-order valence-electron chi connectivity index (χ1n) is 8.28. The van der Waals surface area contributed by atoms with Crippen LogP contribution in [0.2, 0.25) is 0 Å². The molecule has 5 heteroatoms. The zero-order valence-electron chi connectivity index (χ0n) is 14.9. The van der Waals surface area contributed by atoms with Gasteiger partial charge in [0.05, 0.1) is 0 Å². The molecule has 0 aliphatic rings. The summed E-state index contributed by atoms with van der Waals surface area (Å²) in [6.45, 7) is 16.4. The molecule has 0 heterocycles. The fourth-order valence-corrected chi connectivity index (χ4v) is 1.38. The van der Waals surface area contributed by atoms with E-state index in [-0.39, 0.29) is 29.1 Å². The van der Waals surface area contributed by atoms with E-state index in [0.717, 1.165) is 51.9 Å². The Labute approximate surface area is 144 Å². The Morgan fingerprint density at radius 3 is 0.857 bits per heavy atom. The van der Waals surface area contributed by atoms with Gasteiger partial charge in [-0.3, -0.25) is 0 Å². The van der Waals surface area contributed by atoms with Gasteiger partial charge in [0.25, 0.3) is 0 Å². The first-order chi connectivity index (χ1) is 9.62. The molecule has 0 aromatic carbocycles. The van der Waals surface area contributed by atoms with E-state index in [1.807, 2.05) is 13.8 Å². The maximum atomic E-state index is 4.31. The summed E-state index contributed by atoms with van der Waals surface area (Å²) < 4.78 is 0. The Kier molecular flexibility index (Phi) is 28.3. The van der Waals surface area contributed by atoms with Crippen molar-refractivity contribution in [3.8, 4) is 0 Å². The van der Waals surface area contributed by atoms with Crippen LogP contribution in [0.5, 0.6) is 0 Å². The maximum Gasteiger partial charge on any atom is 0 e. The third-order valence-electron chi connectivity index (χ3n) is 2.47. The van der Waals surface area contributed by atoms with Crippen LogP contribution in [-0.4, -0.2) is 38.5 Å². The Bertz CT molecular complexity index is 136. The van der Waals surface area contributed by atoms with E-state index in [0.29, 0.717) is 0 Å². The molecule has 0 aromatic heterocycles. The SMILES string of the molecule is CCC[N-]C(C)[N-]CCC.CCC[N-]C(C)[N-]CCC.[Co]. The monoisotopic (exact) mass is 343 g/mol. The van der Waals surface area contributed by atoms with Gasteiger partial charge >= 0.3 is 0 Å². The molecule has 1 radical (unpaired) electrons. The average molecular weight is 343 g/mol. The second-order valence-electron chi connectivity index (χ2n) is 4.89. The summed E-state index contributed by atoms with van der Waals surface area (Å²) in [4.78, 5) is 0. The van der Waals surface area contributed by atoms with Crippen molar-refractivity contribution in [3.63, 3.8) is 0 Å². The van der Waals surface area contributed by atoms with Crippen molar-refractivity contribution in [3.05, 3.63) is 21.3 Å². The molecule has 0 bridgehead atoms. The molecule has 0 atom stereocenters. The quantitative estimate of drug-likeness (QED) is 0.430. The zero-order chi connectivity index (χ0) is 15.6. The van der Waals surface area contributed by atoms with E-state index in [2.05, 4.69) is 49.0 Å². The van der Waals surface area contributed by atoms with E-state index in [1.165, 1.54) is 0 Å². The number of hydrogen-bond acceptors (Lipinski definition) is 0. The van der Waals surface area contributed by atoms with E-state index in [4.69, 9.17) is 0 Å². The largest absolute Gasteiger partial charge is 0.678 e. The number of hydrogen-bond donors (Lipinski definition) is 0. The van der Waals surface area contributed by atoms with Crippen molar-refractivity contribution in [2.75, 3.05) is 26.2 Å². The fraction of sp³-hybridized carbons (Fsp3) is 1.00. The molecule has 0 unspecified atom stereocenters. The molecule has 133 valence electrons. The predicted octanol–water partition coefficient (Wildman–Crippen LogP) is 5.80.